The highest BCUT2D eigenvalue weighted by Gasteiger charge is 2.24. The van der Waals surface area contributed by atoms with Crippen molar-refractivity contribution in [2.45, 2.75) is 19.3 Å². The van der Waals surface area contributed by atoms with Crippen LogP contribution in [0.4, 0.5) is 11.4 Å². The summed E-state index contributed by atoms with van der Waals surface area (Å²) in [6.07, 6.45) is 0.453. The van der Waals surface area contributed by atoms with Gasteiger partial charge >= 0.3 is 0 Å². The van der Waals surface area contributed by atoms with E-state index in [1.165, 1.54) is 5.56 Å². The molecule has 2 aromatic rings. The van der Waals surface area contributed by atoms with Gasteiger partial charge in [0.05, 0.1) is 10.7 Å². The molecule has 1 aliphatic rings. The zero-order valence-corrected chi connectivity index (χ0v) is 12.6. The van der Waals surface area contributed by atoms with Crippen molar-refractivity contribution in [2.24, 2.45) is 0 Å². The van der Waals surface area contributed by atoms with E-state index in [1.54, 1.807) is 6.07 Å². The second-order valence-electron chi connectivity index (χ2n) is 5.35. The van der Waals surface area contributed by atoms with Gasteiger partial charge in [-0.25, -0.2) is 0 Å². The Morgan fingerprint density at radius 3 is 2.90 bits per heavy atom. The highest BCUT2D eigenvalue weighted by atomic mass is 35.5. The molecule has 0 radical (unpaired) electrons. The molecule has 3 nitrogen and oxygen atoms in total. The van der Waals surface area contributed by atoms with Crippen molar-refractivity contribution in [1.29, 1.82) is 0 Å². The van der Waals surface area contributed by atoms with Gasteiger partial charge in [0.15, 0.2) is 0 Å². The van der Waals surface area contributed by atoms with Gasteiger partial charge in [-0.1, -0.05) is 41.9 Å². The molecule has 0 saturated heterocycles. The number of para-hydroxylation sites is 2. The summed E-state index contributed by atoms with van der Waals surface area (Å²) in [6.45, 7) is 2.74. The van der Waals surface area contributed by atoms with E-state index in [4.69, 9.17) is 11.6 Å². The molecular weight excluding hydrogens is 284 g/mol. The van der Waals surface area contributed by atoms with Gasteiger partial charge < -0.3 is 10.6 Å². The van der Waals surface area contributed by atoms with E-state index in [1.807, 2.05) is 37.3 Å². The molecule has 0 spiro atoms. The van der Waals surface area contributed by atoms with Crippen molar-refractivity contribution in [3.63, 3.8) is 0 Å². The van der Waals surface area contributed by atoms with Crippen LogP contribution in [0.1, 0.15) is 23.5 Å². The Morgan fingerprint density at radius 1 is 1.29 bits per heavy atom. The summed E-state index contributed by atoms with van der Waals surface area (Å²) < 4.78 is 0. The number of hydrogen-bond donors (Lipinski definition) is 2. The first kappa shape index (κ1) is 14.0. The maximum absolute atomic E-state index is 12.3. The minimum absolute atomic E-state index is 0.00490. The van der Waals surface area contributed by atoms with Gasteiger partial charge in [-0.2, -0.15) is 0 Å². The lowest BCUT2D eigenvalue weighted by Crippen LogP contribution is -2.17. The average molecular weight is 301 g/mol. The van der Waals surface area contributed by atoms with Crippen molar-refractivity contribution in [3.05, 3.63) is 58.6 Å². The van der Waals surface area contributed by atoms with Crippen LogP contribution in [0.25, 0.3) is 0 Å². The average Bonchev–Trinajstić information content (AvgIpc) is 2.87. The zero-order chi connectivity index (χ0) is 14.8. The molecule has 0 bridgehead atoms. The van der Waals surface area contributed by atoms with Crippen LogP contribution in [-0.4, -0.2) is 12.5 Å². The van der Waals surface area contributed by atoms with Crippen LogP contribution in [0.5, 0.6) is 0 Å². The summed E-state index contributed by atoms with van der Waals surface area (Å²) in [5.41, 5.74) is 4.02. The summed E-state index contributed by atoms with van der Waals surface area (Å²) in [6, 6.07) is 13.7. The number of nitrogens with one attached hydrogen (secondary N) is 2. The number of fused-ring (bicyclic) bond motifs is 1. The van der Waals surface area contributed by atoms with Crippen molar-refractivity contribution in [1.82, 2.24) is 0 Å². The Bertz CT molecular complexity index is 664. The first-order valence-electron chi connectivity index (χ1n) is 7.03. The van der Waals surface area contributed by atoms with Crippen molar-refractivity contribution in [3.8, 4) is 0 Å². The lowest BCUT2D eigenvalue weighted by molar-refractivity contribution is -0.116. The molecule has 2 N–H and O–H groups in total. The van der Waals surface area contributed by atoms with E-state index in [2.05, 4.69) is 16.7 Å². The molecule has 1 atom stereocenters. The van der Waals surface area contributed by atoms with Crippen LogP contribution >= 0.6 is 11.6 Å². The third-order valence-corrected chi connectivity index (χ3v) is 4.17. The smallest absolute Gasteiger partial charge is 0.225 e. The summed E-state index contributed by atoms with van der Waals surface area (Å²) in [5.74, 6) is 0.207. The van der Waals surface area contributed by atoms with Crippen molar-refractivity contribution >= 4 is 28.9 Å². The minimum Gasteiger partial charge on any atom is -0.384 e. The topological polar surface area (TPSA) is 41.1 Å². The number of halogens is 1. The van der Waals surface area contributed by atoms with Crippen LogP contribution < -0.4 is 10.6 Å². The van der Waals surface area contributed by atoms with Gasteiger partial charge in [0, 0.05) is 24.6 Å². The van der Waals surface area contributed by atoms with E-state index >= 15 is 0 Å². The van der Waals surface area contributed by atoms with E-state index in [9.17, 15) is 4.79 Å². The number of anilines is 2. The van der Waals surface area contributed by atoms with E-state index in [-0.39, 0.29) is 11.8 Å². The lowest BCUT2D eigenvalue weighted by atomic mass is 9.97. The summed E-state index contributed by atoms with van der Waals surface area (Å²) in [7, 11) is 0. The predicted molar refractivity (Wildman–Crippen MR) is 87.1 cm³/mol. The Hall–Kier alpha value is -2.00. The summed E-state index contributed by atoms with van der Waals surface area (Å²) in [5, 5.41) is 6.85. The number of amides is 1. The molecule has 0 aliphatic carbocycles. The molecular formula is C17H17ClN2O. The molecule has 2 aromatic carbocycles. The number of aryl methyl sites for hydroxylation is 1. The number of rotatable bonds is 3. The van der Waals surface area contributed by atoms with Gasteiger partial charge in [0.25, 0.3) is 0 Å². The molecule has 4 heteroatoms. The van der Waals surface area contributed by atoms with Crippen LogP contribution in [0.15, 0.2) is 42.5 Å². The SMILES string of the molecule is Cc1cccc(Cl)c1NC(=O)CC1CNc2ccccc21. The molecule has 0 fully saturated rings. The number of carbonyl (C=O) groups excluding carboxylic acids is 1. The standard InChI is InChI=1S/C17H17ClN2O/c1-11-5-4-7-14(18)17(11)20-16(21)9-12-10-19-15-8-3-2-6-13(12)15/h2-8,12,19H,9-10H2,1H3,(H,20,21). The van der Waals surface area contributed by atoms with Crippen molar-refractivity contribution < 1.29 is 4.79 Å². The fraction of sp³-hybridized carbons (Fsp3) is 0.235. The predicted octanol–water partition coefficient (Wildman–Crippen LogP) is 4.19. The summed E-state index contributed by atoms with van der Waals surface area (Å²) >= 11 is 6.14. The van der Waals surface area contributed by atoms with Gasteiger partial charge in [-0.05, 0) is 30.2 Å². The highest BCUT2D eigenvalue weighted by molar-refractivity contribution is 6.33. The molecule has 3 rings (SSSR count). The number of hydrogen-bond acceptors (Lipinski definition) is 2. The Morgan fingerprint density at radius 2 is 2.10 bits per heavy atom. The second-order valence-corrected chi connectivity index (χ2v) is 5.76. The van der Waals surface area contributed by atoms with Crippen LogP contribution in [0.3, 0.4) is 0 Å². The van der Waals surface area contributed by atoms with Crippen LogP contribution in [0, 0.1) is 6.92 Å². The van der Waals surface area contributed by atoms with Crippen molar-refractivity contribution in [2.75, 3.05) is 17.2 Å². The largest absolute Gasteiger partial charge is 0.384 e. The first-order valence-corrected chi connectivity index (χ1v) is 7.40. The quantitative estimate of drug-likeness (QED) is 0.892. The molecule has 21 heavy (non-hydrogen) atoms. The van der Waals surface area contributed by atoms with Crippen LogP contribution in [0.2, 0.25) is 5.02 Å². The first-order chi connectivity index (χ1) is 10.1. The summed E-state index contributed by atoms with van der Waals surface area (Å²) in [4.78, 5) is 12.3. The molecule has 108 valence electrons. The monoisotopic (exact) mass is 300 g/mol. The molecule has 1 amide bonds. The maximum Gasteiger partial charge on any atom is 0.225 e. The highest BCUT2D eigenvalue weighted by Crippen LogP contribution is 2.34. The third-order valence-electron chi connectivity index (χ3n) is 3.86. The maximum atomic E-state index is 12.3. The van der Waals surface area contributed by atoms with Gasteiger partial charge in [0.1, 0.15) is 0 Å². The molecule has 1 aliphatic heterocycles. The molecule has 1 heterocycles. The third kappa shape index (κ3) is 2.88. The van der Waals surface area contributed by atoms with E-state index in [0.29, 0.717) is 17.1 Å². The van der Waals surface area contributed by atoms with Gasteiger partial charge in [0.2, 0.25) is 5.91 Å². The lowest BCUT2D eigenvalue weighted by Gasteiger charge is -2.13. The molecule has 1 unspecified atom stereocenters. The fourth-order valence-electron chi connectivity index (χ4n) is 2.74. The number of benzene rings is 2. The minimum atomic E-state index is -0.00490. The van der Waals surface area contributed by atoms with E-state index in [0.717, 1.165) is 17.8 Å². The Labute approximate surface area is 129 Å². The fourth-order valence-corrected chi connectivity index (χ4v) is 3.01. The van der Waals surface area contributed by atoms with Gasteiger partial charge in [-0.15, -0.1) is 0 Å². The van der Waals surface area contributed by atoms with Gasteiger partial charge in [-0.3, -0.25) is 4.79 Å². The van der Waals surface area contributed by atoms with Crippen LogP contribution in [-0.2, 0) is 4.79 Å². The Kier molecular flexibility index (Phi) is 3.84. The van der Waals surface area contributed by atoms with E-state index < -0.39 is 0 Å². The Balaban J connectivity index is 1.71. The second kappa shape index (κ2) is 5.78. The molecule has 0 aromatic heterocycles. The number of carbonyl (C=O) groups is 1. The normalized spacial score (nSPS) is 16.2. The molecule has 0 saturated carbocycles. The zero-order valence-electron chi connectivity index (χ0n) is 11.8.